The molecule has 2 unspecified atom stereocenters. The van der Waals surface area contributed by atoms with Gasteiger partial charge in [-0.2, -0.15) is 10.4 Å². The van der Waals surface area contributed by atoms with E-state index in [4.69, 9.17) is 33.3 Å². The number of carbonyl (C=O) groups is 1. The summed E-state index contributed by atoms with van der Waals surface area (Å²) in [5.74, 6) is 1.23. The van der Waals surface area contributed by atoms with E-state index in [-0.39, 0.29) is 18.2 Å². The number of rotatable bonds is 8. The molecule has 1 aromatic carbocycles. The van der Waals surface area contributed by atoms with Gasteiger partial charge in [0.15, 0.2) is 11.3 Å². The largest absolute Gasteiger partial charge is 0.481 e. The van der Waals surface area contributed by atoms with Gasteiger partial charge in [0.1, 0.15) is 17.4 Å². The van der Waals surface area contributed by atoms with E-state index < -0.39 is 5.97 Å². The fourth-order valence-corrected chi connectivity index (χ4v) is 6.07. The van der Waals surface area contributed by atoms with Crippen molar-refractivity contribution in [3.63, 3.8) is 0 Å². The number of fused-ring (bicyclic) bond motifs is 1. The van der Waals surface area contributed by atoms with E-state index in [0.717, 1.165) is 50.5 Å². The molecule has 2 aliphatic rings. The number of carboxylic acids is 1. The Morgan fingerprint density at radius 3 is 2.69 bits per heavy atom. The van der Waals surface area contributed by atoms with Crippen molar-refractivity contribution in [3.05, 3.63) is 45.7 Å². The van der Waals surface area contributed by atoms with Gasteiger partial charge in [-0.15, -0.1) is 0 Å². The van der Waals surface area contributed by atoms with Gasteiger partial charge in [0.2, 0.25) is 0 Å². The Hall–Kier alpha value is -2.93. The van der Waals surface area contributed by atoms with Crippen LogP contribution in [0.4, 0.5) is 5.82 Å². The van der Waals surface area contributed by atoms with Crippen molar-refractivity contribution in [2.75, 3.05) is 37.6 Å². The van der Waals surface area contributed by atoms with Crippen molar-refractivity contribution in [3.8, 4) is 6.07 Å². The first-order valence-corrected chi connectivity index (χ1v) is 14.4. The number of aromatic nitrogens is 4. The SMILES string of the molecule is CC.CC(c1ccc(Cl)cc1Cl)n1nc(C#N)c2ncc(N3CC(C4CCCN(CCCC(=O)O)C4)C3)nc21. The summed E-state index contributed by atoms with van der Waals surface area (Å²) in [4.78, 5) is 24.9. The van der Waals surface area contributed by atoms with Gasteiger partial charge in [-0.05, 0) is 68.8 Å². The van der Waals surface area contributed by atoms with Gasteiger partial charge in [-0.1, -0.05) is 43.1 Å². The van der Waals surface area contributed by atoms with E-state index in [0.29, 0.717) is 39.5 Å². The molecule has 2 saturated heterocycles. The Morgan fingerprint density at radius 1 is 1.23 bits per heavy atom. The predicted molar refractivity (Wildman–Crippen MR) is 153 cm³/mol. The first kappa shape index (κ1) is 29.1. The van der Waals surface area contributed by atoms with Crippen LogP contribution in [0.2, 0.25) is 10.0 Å². The number of hydrogen-bond acceptors (Lipinski definition) is 7. The summed E-state index contributed by atoms with van der Waals surface area (Å²) in [6, 6.07) is 7.21. The van der Waals surface area contributed by atoms with Gasteiger partial charge in [-0.25, -0.2) is 14.6 Å². The van der Waals surface area contributed by atoms with Crippen LogP contribution in [0.3, 0.4) is 0 Å². The van der Waals surface area contributed by atoms with Gasteiger partial charge in [0.05, 0.1) is 12.2 Å². The fraction of sp³-hybridized carbons (Fsp3) is 0.536. The average Bonchev–Trinajstić information content (AvgIpc) is 3.27. The summed E-state index contributed by atoms with van der Waals surface area (Å²) in [6.45, 7) is 10.7. The lowest BCUT2D eigenvalue weighted by Crippen LogP contribution is -2.54. The third-order valence-corrected chi connectivity index (χ3v) is 8.15. The van der Waals surface area contributed by atoms with Crippen molar-refractivity contribution in [2.45, 2.75) is 52.5 Å². The lowest BCUT2D eigenvalue weighted by molar-refractivity contribution is -0.137. The van der Waals surface area contributed by atoms with E-state index in [2.05, 4.69) is 26.0 Å². The number of aliphatic carboxylic acids is 1. The Balaban J connectivity index is 0.00000172. The second-order valence-corrected chi connectivity index (χ2v) is 10.9. The number of anilines is 1. The number of piperidine rings is 1. The van der Waals surface area contributed by atoms with E-state index >= 15 is 0 Å². The highest BCUT2D eigenvalue weighted by Crippen LogP contribution is 2.35. The normalized spacial score (nSPS) is 18.7. The number of halogens is 2. The topological polar surface area (TPSA) is 111 Å². The monoisotopic (exact) mass is 571 g/mol. The van der Waals surface area contributed by atoms with Gasteiger partial charge in [0.25, 0.3) is 0 Å². The quantitative estimate of drug-likeness (QED) is 0.369. The molecule has 0 saturated carbocycles. The number of nitriles is 1. The zero-order valence-electron chi connectivity index (χ0n) is 22.6. The first-order chi connectivity index (χ1) is 18.8. The summed E-state index contributed by atoms with van der Waals surface area (Å²) in [5.41, 5.74) is 2.10. The van der Waals surface area contributed by atoms with Crippen molar-refractivity contribution in [2.24, 2.45) is 11.8 Å². The van der Waals surface area contributed by atoms with Gasteiger partial charge < -0.3 is 14.9 Å². The molecule has 0 bridgehead atoms. The minimum Gasteiger partial charge on any atom is -0.481 e. The molecular weight excluding hydrogens is 537 g/mol. The molecule has 11 heteroatoms. The van der Waals surface area contributed by atoms with Crippen LogP contribution in [0, 0.1) is 23.2 Å². The molecular formula is C28H35Cl2N7O2. The molecule has 5 rings (SSSR count). The number of benzene rings is 1. The average molecular weight is 573 g/mol. The molecule has 208 valence electrons. The zero-order chi connectivity index (χ0) is 28.1. The van der Waals surface area contributed by atoms with E-state index in [9.17, 15) is 10.1 Å². The zero-order valence-corrected chi connectivity index (χ0v) is 24.2. The van der Waals surface area contributed by atoms with Crippen molar-refractivity contribution in [1.82, 2.24) is 24.6 Å². The van der Waals surface area contributed by atoms with E-state index in [1.807, 2.05) is 26.8 Å². The van der Waals surface area contributed by atoms with Crippen LogP contribution in [0.5, 0.6) is 0 Å². The van der Waals surface area contributed by atoms with E-state index in [1.54, 1.807) is 23.0 Å². The Bertz CT molecular complexity index is 1350. The summed E-state index contributed by atoms with van der Waals surface area (Å²) >= 11 is 12.5. The first-order valence-electron chi connectivity index (χ1n) is 13.6. The molecule has 0 spiro atoms. The smallest absolute Gasteiger partial charge is 0.303 e. The maximum atomic E-state index is 10.8. The Kier molecular flexibility index (Phi) is 9.65. The van der Waals surface area contributed by atoms with Crippen molar-refractivity contribution >= 4 is 46.2 Å². The van der Waals surface area contributed by atoms with Crippen molar-refractivity contribution in [1.29, 1.82) is 5.26 Å². The second-order valence-electron chi connectivity index (χ2n) is 10.0. The third kappa shape index (κ3) is 6.46. The molecule has 2 aromatic heterocycles. The van der Waals surface area contributed by atoms with E-state index in [1.165, 1.54) is 6.42 Å². The maximum absolute atomic E-state index is 10.8. The molecule has 2 atom stereocenters. The molecule has 4 heterocycles. The maximum Gasteiger partial charge on any atom is 0.303 e. The number of hydrogen-bond donors (Lipinski definition) is 1. The summed E-state index contributed by atoms with van der Waals surface area (Å²) in [7, 11) is 0. The van der Waals surface area contributed by atoms with Gasteiger partial charge >= 0.3 is 5.97 Å². The molecule has 9 nitrogen and oxygen atoms in total. The lowest BCUT2D eigenvalue weighted by atomic mass is 9.80. The molecule has 2 aliphatic heterocycles. The molecule has 0 amide bonds. The minimum atomic E-state index is -0.727. The lowest BCUT2D eigenvalue weighted by Gasteiger charge is -2.47. The predicted octanol–water partition coefficient (Wildman–Crippen LogP) is 5.65. The van der Waals surface area contributed by atoms with Crippen LogP contribution in [-0.2, 0) is 4.79 Å². The number of likely N-dealkylation sites (tertiary alicyclic amines) is 1. The van der Waals surface area contributed by atoms with Crippen molar-refractivity contribution < 1.29 is 9.90 Å². The summed E-state index contributed by atoms with van der Waals surface area (Å²) in [5, 5.41) is 24.1. The van der Waals surface area contributed by atoms with Crippen LogP contribution >= 0.6 is 23.2 Å². The highest BCUT2D eigenvalue weighted by molar-refractivity contribution is 6.35. The number of nitrogens with zero attached hydrogens (tertiary/aromatic N) is 7. The van der Waals surface area contributed by atoms with Crippen LogP contribution in [0.25, 0.3) is 11.2 Å². The van der Waals surface area contributed by atoms with Gasteiger partial charge in [-0.3, -0.25) is 4.79 Å². The molecule has 2 fully saturated rings. The highest BCUT2D eigenvalue weighted by atomic mass is 35.5. The number of carboxylic acid groups (broad SMARTS) is 1. The van der Waals surface area contributed by atoms with Crippen LogP contribution in [0.1, 0.15) is 63.8 Å². The fourth-order valence-electron chi connectivity index (χ4n) is 5.50. The molecule has 1 N–H and O–H groups in total. The Labute approximate surface area is 239 Å². The summed E-state index contributed by atoms with van der Waals surface area (Å²) in [6.07, 6.45) is 5.01. The Morgan fingerprint density at radius 2 is 2.00 bits per heavy atom. The minimum absolute atomic E-state index is 0.229. The van der Waals surface area contributed by atoms with Crippen LogP contribution < -0.4 is 4.90 Å². The standard InChI is InChI=1S/C26H29Cl2N7O2.C2H6/c1-16(20-7-6-19(27)10-21(20)28)35-26-25(22(11-29)32-35)30-12-23(31-26)34-14-18(15-34)17-4-2-8-33(13-17)9-3-5-24(36)37;1-2/h6-7,10,12,16-18H,2-5,8-9,13-15H2,1H3,(H,36,37);1-2H3. The van der Waals surface area contributed by atoms with Crippen LogP contribution in [-0.4, -0.2) is 68.4 Å². The molecule has 0 radical (unpaired) electrons. The molecule has 0 aliphatic carbocycles. The molecule has 39 heavy (non-hydrogen) atoms. The second kappa shape index (κ2) is 12.9. The third-order valence-electron chi connectivity index (χ3n) is 7.58. The summed E-state index contributed by atoms with van der Waals surface area (Å²) < 4.78 is 1.72. The molecule has 3 aromatic rings. The van der Waals surface area contributed by atoms with Crippen LogP contribution in [0.15, 0.2) is 24.4 Å². The van der Waals surface area contributed by atoms with Gasteiger partial charge in [0, 0.05) is 36.1 Å². The highest BCUT2D eigenvalue weighted by Gasteiger charge is 2.36.